The zero-order valence-corrected chi connectivity index (χ0v) is 13.6. The largest absolute Gasteiger partial charge is 0.481 e. The summed E-state index contributed by atoms with van der Waals surface area (Å²) in [6, 6.07) is 0. The Morgan fingerprint density at radius 3 is 2.38 bits per heavy atom. The van der Waals surface area contributed by atoms with Gasteiger partial charge in [0.2, 0.25) is 5.95 Å². The zero-order valence-electron chi connectivity index (χ0n) is 12.8. The molecule has 1 rings (SSSR count). The minimum absolute atomic E-state index is 0.0183. The minimum Gasteiger partial charge on any atom is -0.481 e. The number of aliphatic carboxylic acids is 1. The lowest BCUT2D eigenvalue weighted by molar-refractivity contribution is -0.133. The summed E-state index contributed by atoms with van der Waals surface area (Å²) in [5, 5.41) is 17.0. The summed E-state index contributed by atoms with van der Waals surface area (Å²) >= 11 is 1.16. The quantitative estimate of drug-likeness (QED) is 0.454. The molecule has 0 aromatic carbocycles. The Balaban J connectivity index is 2.22. The van der Waals surface area contributed by atoms with Gasteiger partial charge in [0.15, 0.2) is 5.16 Å². The second-order valence-electron chi connectivity index (χ2n) is 5.15. The number of nitrogen functional groups attached to an aromatic ring is 1. The van der Waals surface area contributed by atoms with E-state index in [4.69, 9.17) is 10.8 Å². The summed E-state index contributed by atoms with van der Waals surface area (Å²) in [6.07, 6.45) is 9.99. The Bertz CT molecular complexity index is 423. The molecule has 1 heterocycles. The van der Waals surface area contributed by atoms with Crippen LogP contribution in [0.1, 0.15) is 58.3 Å². The van der Waals surface area contributed by atoms with Crippen molar-refractivity contribution in [1.29, 1.82) is 0 Å². The Labute approximate surface area is 130 Å². The van der Waals surface area contributed by atoms with Crippen molar-refractivity contribution in [1.82, 2.24) is 14.8 Å². The van der Waals surface area contributed by atoms with Gasteiger partial charge in [0.05, 0.1) is 5.75 Å². The smallest absolute Gasteiger partial charge is 0.313 e. The molecule has 0 saturated carbocycles. The van der Waals surface area contributed by atoms with Gasteiger partial charge in [0, 0.05) is 6.54 Å². The van der Waals surface area contributed by atoms with Crippen LogP contribution in [0.2, 0.25) is 0 Å². The molecular weight excluding hydrogens is 288 g/mol. The van der Waals surface area contributed by atoms with Gasteiger partial charge < -0.3 is 10.8 Å². The number of hydrogen-bond donors (Lipinski definition) is 2. The first-order valence-electron chi connectivity index (χ1n) is 7.68. The van der Waals surface area contributed by atoms with Crippen molar-refractivity contribution >= 4 is 23.7 Å². The molecule has 0 amide bonds. The molecule has 1 aromatic heterocycles. The van der Waals surface area contributed by atoms with Gasteiger partial charge in [0.25, 0.3) is 0 Å². The molecule has 0 atom stereocenters. The minimum atomic E-state index is -0.861. The molecule has 1 aromatic rings. The highest BCUT2D eigenvalue weighted by Crippen LogP contribution is 2.19. The lowest BCUT2D eigenvalue weighted by Gasteiger charge is -2.07. The Hall–Kier alpha value is -1.24. The van der Waals surface area contributed by atoms with E-state index in [1.165, 1.54) is 38.5 Å². The zero-order chi connectivity index (χ0) is 15.5. The van der Waals surface area contributed by atoms with E-state index >= 15 is 0 Å². The third kappa shape index (κ3) is 7.36. The number of carbonyl (C=O) groups is 1. The molecule has 3 N–H and O–H groups in total. The van der Waals surface area contributed by atoms with Crippen molar-refractivity contribution in [2.75, 3.05) is 11.5 Å². The van der Waals surface area contributed by atoms with Gasteiger partial charge in [-0.05, 0) is 6.42 Å². The van der Waals surface area contributed by atoms with Crippen LogP contribution in [0.5, 0.6) is 0 Å². The molecule has 0 aliphatic carbocycles. The number of nitrogens with zero attached hydrogens (tertiary/aromatic N) is 3. The van der Waals surface area contributed by atoms with Crippen molar-refractivity contribution in [2.45, 2.75) is 70.0 Å². The lowest BCUT2D eigenvalue weighted by atomic mass is 10.1. The first-order chi connectivity index (χ1) is 10.1. The van der Waals surface area contributed by atoms with Gasteiger partial charge in [-0.2, -0.15) is 0 Å². The van der Waals surface area contributed by atoms with Crippen molar-refractivity contribution in [3.63, 3.8) is 0 Å². The Morgan fingerprint density at radius 1 is 1.14 bits per heavy atom. The second kappa shape index (κ2) is 10.5. The van der Waals surface area contributed by atoms with Gasteiger partial charge in [-0.1, -0.05) is 63.6 Å². The number of aromatic nitrogens is 3. The van der Waals surface area contributed by atoms with E-state index in [9.17, 15) is 4.79 Å². The highest BCUT2D eigenvalue weighted by molar-refractivity contribution is 7.99. The fourth-order valence-corrected chi connectivity index (χ4v) is 2.84. The molecule has 0 aliphatic rings. The molecule has 0 aliphatic heterocycles. The van der Waals surface area contributed by atoms with Crippen LogP contribution in [0.3, 0.4) is 0 Å². The van der Waals surface area contributed by atoms with Crippen LogP contribution in [0.4, 0.5) is 5.95 Å². The van der Waals surface area contributed by atoms with Gasteiger partial charge in [-0.3, -0.25) is 9.36 Å². The summed E-state index contributed by atoms with van der Waals surface area (Å²) in [6.45, 7) is 2.99. The van der Waals surface area contributed by atoms with Crippen LogP contribution in [-0.2, 0) is 11.3 Å². The molecule has 0 radical (unpaired) electrons. The molecule has 0 saturated heterocycles. The summed E-state index contributed by atoms with van der Waals surface area (Å²) in [5.74, 6) is -0.513. The van der Waals surface area contributed by atoms with E-state index in [0.29, 0.717) is 11.1 Å². The van der Waals surface area contributed by atoms with Gasteiger partial charge in [0.1, 0.15) is 0 Å². The summed E-state index contributed by atoms with van der Waals surface area (Å²) < 4.78 is 1.81. The molecule has 0 bridgehead atoms. The predicted octanol–water partition coefficient (Wildman–Crippen LogP) is 3.18. The van der Waals surface area contributed by atoms with Crippen LogP contribution in [0.25, 0.3) is 0 Å². The van der Waals surface area contributed by atoms with Crippen LogP contribution in [-0.4, -0.2) is 31.6 Å². The number of hydrogen-bond acceptors (Lipinski definition) is 5. The maximum absolute atomic E-state index is 10.6. The molecular formula is C14H26N4O2S. The molecule has 0 spiro atoms. The normalized spacial score (nSPS) is 10.9. The first-order valence-corrected chi connectivity index (χ1v) is 8.67. The third-order valence-corrected chi connectivity index (χ3v) is 4.26. The molecule has 120 valence electrons. The number of thioether (sulfide) groups is 1. The van der Waals surface area contributed by atoms with Crippen molar-refractivity contribution < 1.29 is 9.90 Å². The third-order valence-electron chi connectivity index (χ3n) is 3.31. The maximum atomic E-state index is 10.6. The van der Waals surface area contributed by atoms with E-state index in [0.717, 1.165) is 31.1 Å². The average Bonchev–Trinajstić information content (AvgIpc) is 2.80. The number of rotatable bonds is 12. The number of anilines is 1. The fraction of sp³-hybridized carbons (Fsp3) is 0.786. The van der Waals surface area contributed by atoms with Crippen LogP contribution < -0.4 is 5.73 Å². The van der Waals surface area contributed by atoms with E-state index in [-0.39, 0.29) is 5.75 Å². The number of carboxylic acid groups (broad SMARTS) is 1. The Kier molecular flexibility index (Phi) is 8.89. The first kappa shape index (κ1) is 17.8. The summed E-state index contributed by atoms with van der Waals surface area (Å²) in [7, 11) is 0. The molecule has 6 nitrogen and oxygen atoms in total. The number of nitrogens with two attached hydrogens (primary N) is 1. The van der Waals surface area contributed by atoms with Gasteiger partial charge >= 0.3 is 5.97 Å². The van der Waals surface area contributed by atoms with Crippen molar-refractivity contribution in [3.05, 3.63) is 0 Å². The van der Waals surface area contributed by atoms with Gasteiger partial charge in [-0.15, -0.1) is 10.2 Å². The van der Waals surface area contributed by atoms with Crippen LogP contribution >= 0.6 is 11.8 Å². The summed E-state index contributed by atoms with van der Waals surface area (Å²) in [4.78, 5) is 10.6. The van der Waals surface area contributed by atoms with E-state index in [1.54, 1.807) is 0 Å². The second-order valence-corrected chi connectivity index (χ2v) is 6.09. The predicted molar refractivity (Wildman–Crippen MR) is 85.4 cm³/mol. The van der Waals surface area contributed by atoms with E-state index in [1.807, 2.05) is 4.57 Å². The van der Waals surface area contributed by atoms with Gasteiger partial charge in [-0.25, -0.2) is 0 Å². The standard InChI is InChI=1S/C14H26N4O2S/c1-2-3-4-5-6-7-8-9-10-18-13(15)16-17-14(18)21-11-12(19)20/h2-11H2,1H3,(H2,15,16)(H,19,20). The summed E-state index contributed by atoms with van der Waals surface area (Å²) in [5.41, 5.74) is 5.77. The van der Waals surface area contributed by atoms with E-state index < -0.39 is 5.97 Å². The monoisotopic (exact) mass is 314 g/mol. The highest BCUT2D eigenvalue weighted by Gasteiger charge is 2.11. The number of carboxylic acids is 1. The SMILES string of the molecule is CCCCCCCCCCn1c(N)nnc1SCC(=O)O. The molecule has 21 heavy (non-hydrogen) atoms. The molecule has 0 unspecified atom stereocenters. The maximum Gasteiger partial charge on any atom is 0.313 e. The molecule has 7 heteroatoms. The average molecular weight is 314 g/mol. The van der Waals surface area contributed by atoms with Crippen LogP contribution in [0.15, 0.2) is 5.16 Å². The fourth-order valence-electron chi connectivity index (χ4n) is 2.15. The Morgan fingerprint density at radius 2 is 1.76 bits per heavy atom. The number of unbranched alkanes of at least 4 members (excludes halogenated alkanes) is 7. The highest BCUT2D eigenvalue weighted by atomic mass is 32.2. The molecule has 0 fully saturated rings. The van der Waals surface area contributed by atoms with Crippen molar-refractivity contribution in [2.24, 2.45) is 0 Å². The van der Waals surface area contributed by atoms with E-state index in [2.05, 4.69) is 17.1 Å². The van der Waals surface area contributed by atoms with Crippen LogP contribution in [0, 0.1) is 0 Å². The lowest BCUT2D eigenvalue weighted by Crippen LogP contribution is -2.06. The topological polar surface area (TPSA) is 94.0 Å². The van der Waals surface area contributed by atoms with Crippen molar-refractivity contribution in [3.8, 4) is 0 Å².